The van der Waals surface area contributed by atoms with Crippen molar-refractivity contribution in [2.45, 2.75) is 31.8 Å². The average Bonchev–Trinajstić information content (AvgIpc) is 2.12. The Labute approximate surface area is 50.4 Å². The van der Waals surface area contributed by atoms with Crippen molar-refractivity contribution in [3.63, 3.8) is 0 Å². The highest BCUT2D eigenvalue weighted by molar-refractivity contribution is 4.80. The largest absolute Gasteiger partial charge is 0.327 e. The minimum Gasteiger partial charge on any atom is -0.327 e. The summed E-state index contributed by atoms with van der Waals surface area (Å²) in [7, 11) is 0. The standard InChI is InChI=1S/C6H14N2/c1-5(7)6-3-2-4-8-6/h5-6,8H,2-4,7H2,1H3/t5?,6-/m0/s1. The van der Waals surface area contributed by atoms with Gasteiger partial charge in [-0.25, -0.2) is 0 Å². The third-order valence-electron chi connectivity index (χ3n) is 1.73. The molecular weight excluding hydrogens is 100 g/mol. The Balaban J connectivity index is 2.24. The minimum atomic E-state index is 0.331. The number of nitrogens with two attached hydrogens (primary N) is 1. The van der Waals surface area contributed by atoms with Gasteiger partial charge in [-0.2, -0.15) is 0 Å². The predicted molar refractivity (Wildman–Crippen MR) is 34.7 cm³/mol. The van der Waals surface area contributed by atoms with Crippen molar-refractivity contribution in [1.82, 2.24) is 5.32 Å². The maximum absolute atomic E-state index is 5.64. The van der Waals surface area contributed by atoms with Crippen LogP contribution in [0, 0.1) is 0 Å². The van der Waals surface area contributed by atoms with Gasteiger partial charge in [0.25, 0.3) is 0 Å². The van der Waals surface area contributed by atoms with E-state index in [-0.39, 0.29) is 0 Å². The van der Waals surface area contributed by atoms with Gasteiger partial charge < -0.3 is 11.1 Å². The van der Waals surface area contributed by atoms with Crippen LogP contribution in [-0.2, 0) is 0 Å². The van der Waals surface area contributed by atoms with E-state index in [0.29, 0.717) is 12.1 Å². The zero-order valence-electron chi connectivity index (χ0n) is 5.35. The van der Waals surface area contributed by atoms with E-state index >= 15 is 0 Å². The molecule has 0 aromatic heterocycles. The molecule has 2 atom stereocenters. The predicted octanol–water partition coefficient (Wildman–Crippen LogP) is 0.0856. The lowest BCUT2D eigenvalue weighted by Crippen LogP contribution is -2.38. The Bertz CT molecular complexity index is 64.9. The molecule has 48 valence electrons. The zero-order chi connectivity index (χ0) is 5.98. The summed E-state index contributed by atoms with van der Waals surface area (Å²) < 4.78 is 0. The molecule has 0 radical (unpaired) electrons. The zero-order valence-corrected chi connectivity index (χ0v) is 5.35. The Hall–Kier alpha value is -0.0800. The molecule has 0 aromatic rings. The molecule has 1 aliphatic rings. The van der Waals surface area contributed by atoms with E-state index < -0.39 is 0 Å². The summed E-state index contributed by atoms with van der Waals surface area (Å²) in [5, 5.41) is 3.33. The summed E-state index contributed by atoms with van der Waals surface area (Å²) >= 11 is 0. The van der Waals surface area contributed by atoms with Crippen LogP contribution in [-0.4, -0.2) is 18.6 Å². The second-order valence-corrected chi connectivity index (χ2v) is 2.56. The van der Waals surface area contributed by atoms with Crippen molar-refractivity contribution >= 4 is 0 Å². The Kier molecular flexibility index (Phi) is 1.86. The molecule has 0 spiro atoms. The van der Waals surface area contributed by atoms with Gasteiger partial charge in [0.1, 0.15) is 0 Å². The van der Waals surface area contributed by atoms with E-state index in [4.69, 9.17) is 5.73 Å². The van der Waals surface area contributed by atoms with Crippen molar-refractivity contribution in [2.24, 2.45) is 5.73 Å². The van der Waals surface area contributed by atoms with Gasteiger partial charge in [-0.05, 0) is 26.3 Å². The molecule has 8 heavy (non-hydrogen) atoms. The molecule has 0 amide bonds. The highest BCUT2D eigenvalue weighted by Gasteiger charge is 2.16. The first-order chi connectivity index (χ1) is 3.80. The van der Waals surface area contributed by atoms with Gasteiger partial charge in [-0.3, -0.25) is 0 Å². The third kappa shape index (κ3) is 1.20. The first-order valence-electron chi connectivity index (χ1n) is 3.29. The summed E-state index contributed by atoms with van der Waals surface area (Å²) in [6, 6.07) is 0.924. The average molecular weight is 114 g/mol. The molecule has 1 heterocycles. The van der Waals surface area contributed by atoms with Gasteiger partial charge in [0, 0.05) is 12.1 Å². The van der Waals surface area contributed by atoms with Crippen molar-refractivity contribution in [2.75, 3.05) is 6.54 Å². The summed E-state index contributed by atoms with van der Waals surface area (Å²) in [5.74, 6) is 0. The fourth-order valence-corrected chi connectivity index (χ4v) is 1.16. The second-order valence-electron chi connectivity index (χ2n) is 2.56. The van der Waals surface area contributed by atoms with Gasteiger partial charge in [-0.15, -0.1) is 0 Å². The lowest BCUT2D eigenvalue weighted by molar-refractivity contribution is 0.513. The van der Waals surface area contributed by atoms with Crippen LogP contribution in [0.5, 0.6) is 0 Å². The highest BCUT2D eigenvalue weighted by Crippen LogP contribution is 2.06. The van der Waals surface area contributed by atoms with Crippen LogP contribution in [0.2, 0.25) is 0 Å². The molecule has 1 saturated heterocycles. The molecule has 1 fully saturated rings. The molecule has 0 saturated carbocycles. The van der Waals surface area contributed by atoms with Gasteiger partial charge in [-0.1, -0.05) is 0 Å². The number of rotatable bonds is 1. The second kappa shape index (κ2) is 2.46. The first-order valence-corrected chi connectivity index (χ1v) is 3.29. The lowest BCUT2D eigenvalue weighted by atomic mass is 10.1. The van der Waals surface area contributed by atoms with E-state index in [1.54, 1.807) is 0 Å². The molecule has 1 aliphatic heterocycles. The molecular formula is C6H14N2. The van der Waals surface area contributed by atoms with Crippen molar-refractivity contribution in [3.05, 3.63) is 0 Å². The number of nitrogens with one attached hydrogen (secondary N) is 1. The first kappa shape index (κ1) is 6.05. The number of hydrogen-bond donors (Lipinski definition) is 2. The quantitative estimate of drug-likeness (QED) is 0.507. The van der Waals surface area contributed by atoms with Crippen LogP contribution < -0.4 is 11.1 Å². The van der Waals surface area contributed by atoms with E-state index in [2.05, 4.69) is 12.2 Å². The fraction of sp³-hybridized carbons (Fsp3) is 1.00. The third-order valence-corrected chi connectivity index (χ3v) is 1.73. The fourth-order valence-electron chi connectivity index (χ4n) is 1.16. The van der Waals surface area contributed by atoms with E-state index in [9.17, 15) is 0 Å². The van der Waals surface area contributed by atoms with E-state index in [1.807, 2.05) is 0 Å². The van der Waals surface area contributed by atoms with Crippen LogP contribution in [0.4, 0.5) is 0 Å². The normalized spacial score (nSPS) is 33.0. The molecule has 1 rings (SSSR count). The summed E-state index contributed by atoms with van der Waals surface area (Å²) in [4.78, 5) is 0. The van der Waals surface area contributed by atoms with E-state index in [0.717, 1.165) is 6.54 Å². The molecule has 0 aliphatic carbocycles. The maximum Gasteiger partial charge on any atom is 0.0216 e. The smallest absolute Gasteiger partial charge is 0.0216 e. The summed E-state index contributed by atoms with van der Waals surface area (Å²) in [6.45, 7) is 3.22. The molecule has 2 heteroatoms. The van der Waals surface area contributed by atoms with Crippen molar-refractivity contribution < 1.29 is 0 Å². The van der Waals surface area contributed by atoms with Crippen LogP contribution in [0.1, 0.15) is 19.8 Å². The summed E-state index contributed by atoms with van der Waals surface area (Å²) in [5.41, 5.74) is 5.64. The van der Waals surface area contributed by atoms with Crippen LogP contribution in [0.25, 0.3) is 0 Å². The molecule has 0 bridgehead atoms. The monoisotopic (exact) mass is 114 g/mol. The Morgan fingerprint density at radius 1 is 1.75 bits per heavy atom. The highest BCUT2D eigenvalue weighted by atomic mass is 15.0. The van der Waals surface area contributed by atoms with E-state index in [1.165, 1.54) is 12.8 Å². The molecule has 3 N–H and O–H groups in total. The minimum absolute atomic E-state index is 0.331. The molecule has 1 unspecified atom stereocenters. The lowest BCUT2D eigenvalue weighted by Gasteiger charge is -2.12. The van der Waals surface area contributed by atoms with Crippen molar-refractivity contribution in [3.8, 4) is 0 Å². The number of hydrogen-bond acceptors (Lipinski definition) is 2. The summed E-state index contributed by atoms with van der Waals surface area (Å²) in [6.07, 6.45) is 2.56. The van der Waals surface area contributed by atoms with Gasteiger partial charge in [0.2, 0.25) is 0 Å². The Morgan fingerprint density at radius 3 is 2.75 bits per heavy atom. The molecule has 2 nitrogen and oxygen atoms in total. The van der Waals surface area contributed by atoms with Crippen LogP contribution in [0.3, 0.4) is 0 Å². The topological polar surface area (TPSA) is 38.0 Å². The van der Waals surface area contributed by atoms with Gasteiger partial charge in [0.05, 0.1) is 0 Å². The van der Waals surface area contributed by atoms with Crippen LogP contribution in [0.15, 0.2) is 0 Å². The maximum atomic E-state index is 5.64. The SMILES string of the molecule is CC(N)[C@@H]1CCCN1. The molecule has 0 aromatic carbocycles. The van der Waals surface area contributed by atoms with Crippen LogP contribution >= 0.6 is 0 Å². The van der Waals surface area contributed by atoms with Gasteiger partial charge in [0.15, 0.2) is 0 Å². The Morgan fingerprint density at radius 2 is 2.50 bits per heavy atom. The van der Waals surface area contributed by atoms with Crippen molar-refractivity contribution in [1.29, 1.82) is 0 Å². The van der Waals surface area contributed by atoms with Gasteiger partial charge >= 0.3 is 0 Å².